The molecule has 2 aliphatic rings. The second kappa shape index (κ2) is 8.02. The molecule has 29 heavy (non-hydrogen) atoms. The molecule has 1 aliphatic carbocycles. The molecule has 0 saturated carbocycles. The zero-order valence-electron chi connectivity index (χ0n) is 17.0. The number of aromatic nitrogens is 2. The number of carbonyl (C=O) groups excluding carboxylic acids is 1. The van der Waals surface area contributed by atoms with Gasteiger partial charge in [-0.1, -0.05) is 18.2 Å². The van der Waals surface area contributed by atoms with Crippen molar-refractivity contribution < 1.29 is 4.79 Å². The van der Waals surface area contributed by atoms with Gasteiger partial charge in [0.15, 0.2) is 0 Å². The maximum absolute atomic E-state index is 12.9. The summed E-state index contributed by atoms with van der Waals surface area (Å²) in [5.41, 5.74) is 5.67. The molecule has 0 N–H and O–H groups in total. The number of hydrogen-bond donors (Lipinski definition) is 0. The summed E-state index contributed by atoms with van der Waals surface area (Å²) in [6.45, 7) is 2.55. The second-order valence-corrected chi connectivity index (χ2v) is 8.49. The number of rotatable bonds is 4. The van der Waals surface area contributed by atoms with Crippen LogP contribution in [0.15, 0.2) is 48.8 Å². The zero-order chi connectivity index (χ0) is 19.6. The summed E-state index contributed by atoms with van der Waals surface area (Å²) in [6, 6.07) is 13.0. The Kier molecular flexibility index (Phi) is 5.09. The predicted octanol–water partition coefficient (Wildman–Crippen LogP) is 4.71. The van der Waals surface area contributed by atoms with Crippen molar-refractivity contribution in [3.8, 4) is 0 Å². The summed E-state index contributed by atoms with van der Waals surface area (Å²) in [6.07, 6.45) is 11.3. The maximum atomic E-state index is 12.9. The first kappa shape index (κ1) is 18.4. The highest BCUT2D eigenvalue weighted by atomic mass is 16.2. The third-order valence-corrected chi connectivity index (χ3v) is 6.86. The van der Waals surface area contributed by atoms with Crippen molar-refractivity contribution in [1.82, 2.24) is 14.5 Å². The van der Waals surface area contributed by atoms with Gasteiger partial charge in [0.2, 0.25) is 5.91 Å². The van der Waals surface area contributed by atoms with Crippen LogP contribution in [0.2, 0.25) is 0 Å². The quantitative estimate of drug-likeness (QED) is 0.650. The Morgan fingerprint density at radius 1 is 1.00 bits per heavy atom. The molecule has 1 saturated heterocycles. The predicted molar refractivity (Wildman–Crippen MR) is 116 cm³/mol. The fourth-order valence-electron chi connectivity index (χ4n) is 5.31. The summed E-state index contributed by atoms with van der Waals surface area (Å²) in [4.78, 5) is 19.1. The monoisotopic (exact) mass is 387 g/mol. The van der Waals surface area contributed by atoms with Crippen molar-refractivity contribution in [2.75, 3.05) is 13.1 Å². The number of aryl methyl sites for hydroxylation is 2. The minimum atomic E-state index is 0.306. The third kappa shape index (κ3) is 3.57. The van der Waals surface area contributed by atoms with E-state index in [1.54, 1.807) is 0 Å². The lowest BCUT2D eigenvalue weighted by Crippen LogP contribution is -2.38. The number of amides is 1. The molecule has 0 bridgehead atoms. The molecular formula is C25H29N3O. The van der Waals surface area contributed by atoms with Crippen molar-refractivity contribution in [2.24, 2.45) is 0 Å². The van der Waals surface area contributed by atoms with Gasteiger partial charge in [0.1, 0.15) is 0 Å². The lowest BCUT2D eigenvalue weighted by atomic mass is 9.90. The Balaban J connectivity index is 1.25. The first-order valence-electron chi connectivity index (χ1n) is 11.1. The molecule has 1 aliphatic heterocycles. The van der Waals surface area contributed by atoms with Crippen LogP contribution in [-0.4, -0.2) is 33.4 Å². The first-order valence-corrected chi connectivity index (χ1v) is 11.1. The topological polar surface area (TPSA) is 38.1 Å². The lowest BCUT2D eigenvalue weighted by Gasteiger charge is -2.32. The fourth-order valence-corrected chi connectivity index (χ4v) is 5.31. The fraction of sp³-hybridized carbons (Fsp3) is 0.440. The molecule has 0 atom stereocenters. The summed E-state index contributed by atoms with van der Waals surface area (Å²) >= 11 is 0. The van der Waals surface area contributed by atoms with Crippen LogP contribution in [0.4, 0.5) is 0 Å². The Labute approximate surface area is 172 Å². The number of fused-ring (bicyclic) bond motifs is 3. The number of benzene rings is 1. The van der Waals surface area contributed by atoms with E-state index in [0.717, 1.165) is 38.9 Å². The number of pyridine rings is 1. The molecule has 4 nitrogen and oxygen atoms in total. The molecule has 1 amide bonds. The number of para-hydroxylation sites is 1. The summed E-state index contributed by atoms with van der Waals surface area (Å²) < 4.78 is 2.44. The maximum Gasteiger partial charge on any atom is 0.224 e. The molecule has 4 heteroatoms. The first-order chi connectivity index (χ1) is 14.3. The molecule has 3 heterocycles. The van der Waals surface area contributed by atoms with Gasteiger partial charge in [0.05, 0.1) is 0 Å². The van der Waals surface area contributed by atoms with Crippen LogP contribution in [-0.2, 0) is 24.2 Å². The van der Waals surface area contributed by atoms with E-state index in [-0.39, 0.29) is 0 Å². The Hall–Kier alpha value is -2.62. The van der Waals surface area contributed by atoms with Gasteiger partial charge in [-0.2, -0.15) is 0 Å². The average Bonchev–Trinajstić information content (AvgIpc) is 3.12. The summed E-state index contributed by atoms with van der Waals surface area (Å²) in [7, 11) is 0. The largest absolute Gasteiger partial charge is 0.344 e. The van der Waals surface area contributed by atoms with Crippen molar-refractivity contribution in [1.29, 1.82) is 0 Å². The van der Waals surface area contributed by atoms with Gasteiger partial charge in [-0.05, 0) is 73.8 Å². The van der Waals surface area contributed by atoms with Crippen LogP contribution in [0.1, 0.15) is 54.8 Å². The summed E-state index contributed by atoms with van der Waals surface area (Å²) in [5, 5.41) is 1.40. The van der Waals surface area contributed by atoms with E-state index in [2.05, 4.69) is 50.8 Å². The molecule has 0 unspecified atom stereocenters. The summed E-state index contributed by atoms with van der Waals surface area (Å²) in [5.74, 6) is 0.864. The van der Waals surface area contributed by atoms with Gasteiger partial charge in [0, 0.05) is 55.0 Å². The van der Waals surface area contributed by atoms with Gasteiger partial charge >= 0.3 is 0 Å². The van der Waals surface area contributed by atoms with E-state index in [1.807, 2.05) is 12.4 Å². The molecular weight excluding hydrogens is 358 g/mol. The Morgan fingerprint density at radius 3 is 2.59 bits per heavy atom. The van der Waals surface area contributed by atoms with Crippen molar-refractivity contribution >= 4 is 16.8 Å². The average molecular weight is 388 g/mol. The Bertz CT molecular complexity index is 1000. The van der Waals surface area contributed by atoms with Crippen molar-refractivity contribution in [3.63, 3.8) is 0 Å². The molecule has 0 spiro atoms. The molecule has 5 rings (SSSR count). The van der Waals surface area contributed by atoms with Crippen LogP contribution in [0, 0.1) is 0 Å². The van der Waals surface area contributed by atoms with Gasteiger partial charge in [0.25, 0.3) is 0 Å². The molecule has 2 aromatic heterocycles. The third-order valence-electron chi connectivity index (χ3n) is 6.86. The minimum Gasteiger partial charge on any atom is -0.344 e. The molecule has 3 aromatic rings. The highest BCUT2D eigenvalue weighted by Gasteiger charge is 2.25. The SMILES string of the molecule is O=C(CCn1c2c(c3ccccc31)CCCC2)N1CCC(c2ccncc2)CC1. The Morgan fingerprint density at radius 2 is 1.76 bits per heavy atom. The van der Waals surface area contributed by atoms with E-state index in [4.69, 9.17) is 0 Å². The van der Waals surface area contributed by atoms with Gasteiger partial charge in [-0.25, -0.2) is 0 Å². The van der Waals surface area contributed by atoms with Crippen LogP contribution < -0.4 is 0 Å². The van der Waals surface area contributed by atoms with E-state index in [9.17, 15) is 4.79 Å². The zero-order valence-corrected chi connectivity index (χ0v) is 17.0. The number of hydrogen-bond acceptors (Lipinski definition) is 2. The van der Waals surface area contributed by atoms with Crippen molar-refractivity contribution in [2.45, 2.75) is 57.4 Å². The standard InChI is InChI=1S/C25H29N3O/c29-25(27-16-11-20(12-17-27)19-9-14-26-15-10-19)13-18-28-23-7-3-1-5-21(23)22-6-2-4-8-24(22)28/h1,3,5,7,9-10,14-15,20H,2,4,6,8,11-13,16-18H2. The van der Waals surface area contributed by atoms with Crippen molar-refractivity contribution in [3.05, 3.63) is 65.6 Å². The van der Waals surface area contributed by atoms with E-state index >= 15 is 0 Å². The van der Waals surface area contributed by atoms with Crippen LogP contribution in [0.5, 0.6) is 0 Å². The number of carbonyl (C=O) groups is 1. The molecule has 0 radical (unpaired) electrons. The number of nitrogens with zero attached hydrogens (tertiary/aromatic N) is 3. The molecule has 1 fully saturated rings. The van der Waals surface area contributed by atoms with Crippen LogP contribution in [0.3, 0.4) is 0 Å². The van der Waals surface area contributed by atoms with Gasteiger partial charge in [-0.15, -0.1) is 0 Å². The highest BCUT2D eigenvalue weighted by Crippen LogP contribution is 2.32. The smallest absolute Gasteiger partial charge is 0.224 e. The van der Waals surface area contributed by atoms with Gasteiger partial charge in [-0.3, -0.25) is 9.78 Å². The lowest BCUT2D eigenvalue weighted by molar-refractivity contribution is -0.132. The molecule has 1 aromatic carbocycles. The highest BCUT2D eigenvalue weighted by molar-refractivity contribution is 5.86. The number of likely N-dealkylation sites (tertiary alicyclic amines) is 1. The number of piperidine rings is 1. The second-order valence-electron chi connectivity index (χ2n) is 8.49. The van der Waals surface area contributed by atoms with Gasteiger partial charge < -0.3 is 9.47 Å². The van der Waals surface area contributed by atoms with E-state index in [1.165, 1.54) is 47.0 Å². The minimum absolute atomic E-state index is 0.306. The van der Waals surface area contributed by atoms with Crippen LogP contribution >= 0.6 is 0 Å². The molecule has 150 valence electrons. The van der Waals surface area contributed by atoms with E-state index in [0.29, 0.717) is 18.2 Å². The normalized spacial score (nSPS) is 17.4. The van der Waals surface area contributed by atoms with Crippen LogP contribution in [0.25, 0.3) is 10.9 Å². The van der Waals surface area contributed by atoms with E-state index < -0.39 is 0 Å².